The topological polar surface area (TPSA) is 34.1 Å². The SMILES string of the molecule is [O]=[Hf](=[O])([CH2]c1ccccc1)[CH2]c1ccccc1. The molecule has 2 nitrogen and oxygen atoms in total. The summed E-state index contributed by atoms with van der Waals surface area (Å²) < 4.78 is 24.7. The van der Waals surface area contributed by atoms with Gasteiger partial charge >= 0.3 is 106 Å². The molecular weight excluding hydrogens is 379 g/mol. The quantitative estimate of drug-likeness (QED) is 0.749. The Morgan fingerprint density at radius 2 is 1.00 bits per heavy atom. The van der Waals surface area contributed by atoms with Crippen LogP contribution in [-0.2, 0) is 34.0 Å². The number of hydrogen-bond donors (Lipinski definition) is 0. The first kappa shape index (κ1) is 12.4. The van der Waals surface area contributed by atoms with E-state index in [1.165, 1.54) is 0 Å². The second-order valence-electron chi connectivity index (χ2n) is 4.24. The summed E-state index contributed by atoms with van der Waals surface area (Å²) in [6.07, 6.45) is 0. The Kier molecular flexibility index (Phi) is 4.00. The standard InChI is InChI=1S/2C7H7.Hf.2O/c2*1-7-5-3-2-4-6-7;;;/h2*2-6H,1H2;;;. The van der Waals surface area contributed by atoms with Crippen molar-refractivity contribution in [3.8, 4) is 0 Å². The minimum atomic E-state index is -4.58. The van der Waals surface area contributed by atoms with Crippen molar-refractivity contribution < 1.29 is 25.7 Å². The van der Waals surface area contributed by atoms with Gasteiger partial charge in [0.2, 0.25) is 0 Å². The van der Waals surface area contributed by atoms with E-state index in [0.29, 0.717) is 0 Å². The molecule has 0 radical (unpaired) electrons. The van der Waals surface area contributed by atoms with Crippen LogP contribution in [0.2, 0.25) is 0 Å². The third kappa shape index (κ3) is 4.00. The monoisotopic (exact) mass is 394 g/mol. The van der Waals surface area contributed by atoms with Gasteiger partial charge in [0, 0.05) is 0 Å². The summed E-state index contributed by atoms with van der Waals surface area (Å²) in [5, 5.41) is 0. The molecule has 2 aromatic carbocycles. The van der Waals surface area contributed by atoms with Crippen LogP contribution in [0.1, 0.15) is 11.1 Å². The zero-order valence-electron chi connectivity index (χ0n) is 9.50. The molecule has 3 heteroatoms. The molecule has 0 saturated carbocycles. The molecular formula is C14H14HfO2. The number of benzene rings is 2. The van der Waals surface area contributed by atoms with Gasteiger partial charge in [-0.1, -0.05) is 0 Å². The Bertz CT molecular complexity index is 512. The zero-order chi connectivity index (χ0) is 12.1. The fraction of sp³-hybridized carbons (Fsp3) is 0.143. The average molecular weight is 393 g/mol. The van der Waals surface area contributed by atoms with Crippen molar-refractivity contribution >= 4 is 0 Å². The van der Waals surface area contributed by atoms with Crippen molar-refractivity contribution in [1.82, 2.24) is 0 Å². The summed E-state index contributed by atoms with van der Waals surface area (Å²) in [5.74, 6) is 0. The van der Waals surface area contributed by atoms with E-state index in [2.05, 4.69) is 0 Å². The third-order valence-corrected chi connectivity index (χ3v) is 9.44. The Balaban J connectivity index is 2.11. The summed E-state index contributed by atoms with van der Waals surface area (Å²) in [7, 11) is 0. The molecule has 86 valence electrons. The first-order chi connectivity index (χ1) is 8.16. The van der Waals surface area contributed by atoms with Crippen LogP contribution in [0.15, 0.2) is 60.7 Å². The molecule has 0 aliphatic carbocycles. The van der Waals surface area contributed by atoms with Crippen molar-refractivity contribution in [3.63, 3.8) is 0 Å². The molecule has 0 atom stereocenters. The maximum atomic E-state index is 12.1. The molecule has 17 heavy (non-hydrogen) atoms. The van der Waals surface area contributed by atoms with Crippen molar-refractivity contribution in [1.29, 1.82) is 0 Å². The molecule has 2 rings (SSSR count). The van der Waals surface area contributed by atoms with E-state index in [0.717, 1.165) is 11.1 Å². The van der Waals surface area contributed by atoms with Gasteiger partial charge < -0.3 is 0 Å². The Morgan fingerprint density at radius 1 is 0.647 bits per heavy atom. The maximum absolute atomic E-state index is 12.1. The van der Waals surface area contributed by atoms with Gasteiger partial charge in [0.25, 0.3) is 0 Å². The van der Waals surface area contributed by atoms with E-state index < -0.39 is 20.0 Å². The zero-order valence-corrected chi connectivity index (χ0v) is 13.1. The molecule has 0 aromatic heterocycles. The predicted octanol–water partition coefficient (Wildman–Crippen LogP) is 3.23. The van der Waals surface area contributed by atoms with Crippen molar-refractivity contribution in [3.05, 3.63) is 71.8 Å². The van der Waals surface area contributed by atoms with Crippen LogP contribution >= 0.6 is 0 Å². The minimum absolute atomic E-state index is 0.239. The van der Waals surface area contributed by atoms with Crippen LogP contribution < -0.4 is 0 Å². The van der Waals surface area contributed by atoms with E-state index in [9.17, 15) is 5.71 Å². The first-order valence-corrected chi connectivity index (χ1v) is 13.7. The van der Waals surface area contributed by atoms with Crippen molar-refractivity contribution in [2.75, 3.05) is 0 Å². The van der Waals surface area contributed by atoms with Crippen LogP contribution in [0.4, 0.5) is 0 Å². The van der Waals surface area contributed by atoms with E-state index >= 15 is 0 Å². The molecule has 0 amide bonds. The molecule has 0 bridgehead atoms. The fourth-order valence-corrected chi connectivity index (χ4v) is 8.49. The Labute approximate surface area is 105 Å². The van der Waals surface area contributed by atoms with E-state index in [1.54, 1.807) is 0 Å². The van der Waals surface area contributed by atoms with Crippen LogP contribution in [0, 0.1) is 0 Å². The predicted molar refractivity (Wildman–Crippen MR) is 61.7 cm³/mol. The van der Waals surface area contributed by atoms with Gasteiger partial charge in [-0.05, 0) is 0 Å². The molecule has 0 aliphatic rings. The Hall–Kier alpha value is -1.09. The van der Waals surface area contributed by atoms with Crippen LogP contribution in [0.5, 0.6) is 0 Å². The van der Waals surface area contributed by atoms with Gasteiger partial charge in [-0.25, -0.2) is 0 Å². The molecule has 0 fully saturated rings. The van der Waals surface area contributed by atoms with Crippen LogP contribution in [-0.4, -0.2) is 0 Å². The molecule has 0 heterocycles. The van der Waals surface area contributed by atoms with Gasteiger partial charge in [-0.2, -0.15) is 0 Å². The molecule has 0 aliphatic heterocycles. The molecule has 0 saturated heterocycles. The summed E-state index contributed by atoms with van der Waals surface area (Å²) in [6, 6.07) is 18.8. The second-order valence-corrected chi connectivity index (χ2v) is 13.3. The van der Waals surface area contributed by atoms with Gasteiger partial charge in [0.15, 0.2) is 0 Å². The number of hydrogen-bond acceptors (Lipinski definition) is 2. The molecule has 0 unspecified atom stereocenters. The van der Waals surface area contributed by atoms with Gasteiger partial charge in [0.1, 0.15) is 0 Å². The van der Waals surface area contributed by atoms with Crippen molar-refractivity contribution in [2.45, 2.75) is 8.35 Å². The summed E-state index contributed by atoms with van der Waals surface area (Å²) in [4.78, 5) is 0. The van der Waals surface area contributed by atoms with E-state index in [4.69, 9.17) is 0 Å². The normalized spacial score (nSPS) is 10.4. The molecule has 2 aromatic rings. The first-order valence-electron chi connectivity index (χ1n) is 5.64. The fourth-order valence-electron chi connectivity index (χ4n) is 1.88. The Morgan fingerprint density at radius 3 is 1.35 bits per heavy atom. The summed E-state index contributed by atoms with van der Waals surface area (Å²) in [5.41, 5.74) is 1.80. The van der Waals surface area contributed by atoms with Gasteiger partial charge in [-0.3, -0.25) is 0 Å². The van der Waals surface area contributed by atoms with Gasteiger partial charge in [-0.15, -0.1) is 0 Å². The molecule has 0 spiro atoms. The second kappa shape index (κ2) is 5.50. The van der Waals surface area contributed by atoms with E-state index in [1.807, 2.05) is 60.7 Å². The summed E-state index contributed by atoms with van der Waals surface area (Å²) in [6.45, 7) is 0. The van der Waals surface area contributed by atoms with Gasteiger partial charge in [0.05, 0.1) is 0 Å². The summed E-state index contributed by atoms with van der Waals surface area (Å²) >= 11 is -4.58. The van der Waals surface area contributed by atoms with Crippen molar-refractivity contribution in [2.24, 2.45) is 0 Å². The average Bonchev–Trinajstić information content (AvgIpc) is 2.30. The van der Waals surface area contributed by atoms with Crippen LogP contribution in [0.3, 0.4) is 0 Å². The molecule has 0 N–H and O–H groups in total. The van der Waals surface area contributed by atoms with E-state index in [-0.39, 0.29) is 8.35 Å². The van der Waals surface area contributed by atoms with Crippen LogP contribution in [0.25, 0.3) is 0 Å². The third-order valence-electron chi connectivity index (χ3n) is 2.63. The number of rotatable bonds is 4.